The van der Waals surface area contributed by atoms with Crippen LogP contribution in [0.4, 0.5) is 4.39 Å². The van der Waals surface area contributed by atoms with Gasteiger partial charge in [-0.15, -0.1) is 10.2 Å². The summed E-state index contributed by atoms with van der Waals surface area (Å²) in [6, 6.07) is 47.2. The molecule has 0 amide bonds. The van der Waals surface area contributed by atoms with Gasteiger partial charge in [-0.1, -0.05) is 133 Å². The van der Waals surface area contributed by atoms with Crippen LogP contribution in [-0.4, -0.2) is 29.3 Å². The zero-order chi connectivity index (χ0) is 35.2. The van der Waals surface area contributed by atoms with Crippen LogP contribution < -0.4 is 0 Å². The van der Waals surface area contributed by atoms with Crippen molar-refractivity contribution in [3.8, 4) is 0 Å². The molecule has 0 radical (unpaired) electrons. The van der Waals surface area contributed by atoms with E-state index in [0.29, 0.717) is 5.75 Å². The Hall–Kier alpha value is -5.73. The van der Waals surface area contributed by atoms with Crippen LogP contribution in [0.3, 0.4) is 0 Å². The monoisotopic (exact) mass is 702 g/mol. The van der Waals surface area contributed by atoms with Gasteiger partial charge in [0.1, 0.15) is 17.2 Å². The predicted molar refractivity (Wildman–Crippen MR) is 207 cm³/mol. The van der Waals surface area contributed by atoms with Gasteiger partial charge in [0.25, 0.3) is 0 Å². The number of H-pyrrole nitrogens is 1. The van der Waals surface area contributed by atoms with E-state index in [9.17, 15) is 4.39 Å². The first kappa shape index (κ1) is 33.4. The van der Waals surface area contributed by atoms with E-state index in [2.05, 4.69) is 152 Å². The summed E-state index contributed by atoms with van der Waals surface area (Å²) in [5, 5.41) is 11.4. The number of para-hydroxylation sites is 1. The minimum atomic E-state index is -0.598. The number of aromatic nitrogens is 6. The fourth-order valence-electron chi connectivity index (χ4n) is 7.27. The Balaban J connectivity index is 1.06. The van der Waals surface area contributed by atoms with Crippen LogP contribution in [0.5, 0.6) is 0 Å². The number of rotatable bonds is 14. The van der Waals surface area contributed by atoms with Crippen molar-refractivity contribution in [2.24, 2.45) is 0 Å². The number of nitrogens with one attached hydrogen (secondary N) is 1. The molecule has 0 spiro atoms. The second kappa shape index (κ2) is 15.3. The van der Waals surface area contributed by atoms with E-state index in [-0.39, 0.29) is 5.82 Å². The van der Waals surface area contributed by atoms with E-state index >= 15 is 0 Å². The topological polar surface area (TPSA) is 64.3 Å². The Labute approximate surface area is 307 Å². The van der Waals surface area contributed by atoms with E-state index in [1.807, 2.05) is 12.4 Å². The Morgan fingerprint density at radius 1 is 0.692 bits per heavy atom. The molecule has 3 aromatic heterocycles. The molecule has 5 aromatic carbocycles. The van der Waals surface area contributed by atoms with Crippen molar-refractivity contribution in [1.29, 1.82) is 0 Å². The summed E-state index contributed by atoms with van der Waals surface area (Å²) in [6.07, 6.45) is 9.54. The fraction of sp³-hybridized carbons (Fsp3) is 0.159. The average molecular weight is 703 g/mol. The third-order valence-corrected chi connectivity index (χ3v) is 10.8. The van der Waals surface area contributed by atoms with Crippen molar-refractivity contribution in [3.63, 3.8) is 0 Å². The molecule has 0 saturated carbocycles. The highest BCUT2D eigenvalue weighted by molar-refractivity contribution is 7.98. The second-order valence-corrected chi connectivity index (χ2v) is 14.0. The van der Waals surface area contributed by atoms with Gasteiger partial charge in [-0.3, -0.25) is 0 Å². The molecule has 8 aromatic rings. The zero-order valence-electron chi connectivity index (χ0n) is 28.8. The summed E-state index contributed by atoms with van der Waals surface area (Å²) in [7, 11) is 0. The number of hydrogen-bond donors (Lipinski definition) is 1. The largest absolute Gasteiger partial charge is 0.361 e. The first-order valence-electron chi connectivity index (χ1n) is 17.7. The molecule has 0 unspecified atom stereocenters. The highest BCUT2D eigenvalue weighted by Crippen LogP contribution is 2.41. The summed E-state index contributed by atoms with van der Waals surface area (Å²) < 4.78 is 18.5. The molecule has 3 heterocycles. The minimum Gasteiger partial charge on any atom is -0.361 e. The van der Waals surface area contributed by atoms with Crippen LogP contribution in [0, 0.1) is 5.82 Å². The Morgan fingerprint density at radius 3 is 2.06 bits per heavy atom. The van der Waals surface area contributed by atoms with E-state index in [1.54, 1.807) is 23.9 Å². The fourth-order valence-corrected chi connectivity index (χ4v) is 8.20. The quantitative estimate of drug-likeness (QED) is 0.0906. The van der Waals surface area contributed by atoms with Crippen LogP contribution in [0.15, 0.2) is 163 Å². The van der Waals surface area contributed by atoms with Crippen molar-refractivity contribution in [2.75, 3.05) is 0 Å². The van der Waals surface area contributed by atoms with Gasteiger partial charge in [0.05, 0.1) is 12.0 Å². The SMILES string of the molecule is Fc1cccc(CSc2nnc(CCc3c[nH]c4ccccc34)n2CCCc2cn(C(c3ccccc3)(c3ccccc3)c3ccccc3)cn2)c1. The summed E-state index contributed by atoms with van der Waals surface area (Å²) >= 11 is 1.60. The molecular weight excluding hydrogens is 664 g/mol. The van der Waals surface area contributed by atoms with Crippen LogP contribution in [0.2, 0.25) is 0 Å². The molecule has 0 bridgehead atoms. The average Bonchev–Trinajstić information content (AvgIpc) is 3.94. The zero-order valence-corrected chi connectivity index (χ0v) is 29.6. The predicted octanol–water partition coefficient (Wildman–Crippen LogP) is 9.65. The number of aryl methyl sites for hydroxylation is 3. The number of aromatic amines is 1. The van der Waals surface area contributed by atoms with E-state index in [1.165, 1.54) is 33.7 Å². The van der Waals surface area contributed by atoms with Crippen LogP contribution in [0.25, 0.3) is 10.9 Å². The smallest absolute Gasteiger partial charge is 0.191 e. The Kier molecular flexibility index (Phi) is 9.80. The standard InChI is InChI=1S/C44H39FN6S/c45-38-21-12-14-33(28-38)31-52-43-49-48-42(26-25-34-29-46-41-24-11-10-23-40(34)41)51(43)27-13-22-39-30-50(32-47-39)44(35-15-4-1-5-16-35,36-17-6-2-7-18-36)37-19-8-3-9-20-37/h1-12,14-21,23-24,28-30,32,46H,13,22,25-27,31H2. The van der Waals surface area contributed by atoms with Crippen molar-refractivity contribution in [2.45, 2.75) is 48.7 Å². The molecule has 8 rings (SSSR count). The molecule has 8 heteroatoms. The highest BCUT2D eigenvalue weighted by atomic mass is 32.2. The Morgan fingerprint density at radius 2 is 1.37 bits per heavy atom. The molecule has 0 aliphatic rings. The highest BCUT2D eigenvalue weighted by Gasteiger charge is 2.38. The lowest BCUT2D eigenvalue weighted by Crippen LogP contribution is -2.36. The van der Waals surface area contributed by atoms with Crippen LogP contribution in [0.1, 0.15) is 45.8 Å². The molecule has 0 saturated heterocycles. The molecular formula is C44H39FN6S. The summed E-state index contributed by atoms with van der Waals surface area (Å²) in [4.78, 5) is 8.38. The Bertz CT molecular complexity index is 2270. The number of thioether (sulfide) groups is 1. The number of halogens is 1. The normalized spacial score (nSPS) is 11.7. The lowest BCUT2D eigenvalue weighted by molar-refractivity contribution is 0.513. The lowest BCUT2D eigenvalue weighted by Gasteiger charge is -2.37. The number of hydrogen-bond acceptors (Lipinski definition) is 4. The van der Waals surface area contributed by atoms with Crippen LogP contribution >= 0.6 is 11.8 Å². The maximum Gasteiger partial charge on any atom is 0.191 e. The molecule has 1 N–H and O–H groups in total. The third kappa shape index (κ3) is 6.82. The molecule has 0 aliphatic carbocycles. The van der Waals surface area contributed by atoms with Gasteiger partial charge >= 0.3 is 0 Å². The maximum atomic E-state index is 14.0. The van der Waals surface area contributed by atoms with Crippen molar-refractivity contribution >= 4 is 22.7 Å². The molecule has 52 heavy (non-hydrogen) atoms. The van der Waals surface area contributed by atoms with Crippen molar-refractivity contribution < 1.29 is 4.39 Å². The maximum absolute atomic E-state index is 14.0. The van der Waals surface area contributed by atoms with E-state index in [4.69, 9.17) is 4.98 Å². The van der Waals surface area contributed by atoms with Gasteiger partial charge in [-0.05, 0) is 65.3 Å². The molecule has 258 valence electrons. The van der Waals surface area contributed by atoms with Gasteiger partial charge in [0, 0.05) is 42.0 Å². The molecule has 6 nitrogen and oxygen atoms in total. The van der Waals surface area contributed by atoms with Gasteiger partial charge in [0.15, 0.2) is 5.16 Å². The first-order chi connectivity index (χ1) is 25.7. The number of benzene rings is 5. The number of imidazole rings is 1. The van der Waals surface area contributed by atoms with E-state index < -0.39 is 5.54 Å². The number of fused-ring (bicyclic) bond motifs is 1. The molecule has 0 aliphatic heterocycles. The summed E-state index contributed by atoms with van der Waals surface area (Å²) in [5.74, 6) is 1.34. The van der Waals surface area contributed by atoms with Gasteiger partial charge in [-0.25, -0.2) is 9.37 Å². The van der Waals surface area contributed by atoms with Gasteiger partial charge < -0.3 is 14.1 Å². The van der Waals surface area contributed by atoms with Gasteiger partial charge in [0.2, 0.25) is 0 Å². The van der Waals surface area contributed by atoms with Gasteiger partial charge in [-0.2, -0.15) is 0 Å². The van der Waals surface area contributed by atoms with E-state index in [0.717, 1.165) is 60.0 Å². The lowest BCUT2D eigenvalue weighted by atomic mass is 9.77. The molecule has 0 atom stereocenters. The number of nitrogens with zero attached hydrogens (tertiary/aromatic N) is 5. The minimum absolute atomic E-state index is 0.228. The van der Waals surface area contributed by atoms with Crippen LogP contribution in [-0.2, 0) is 37.1 Å². The third-order valence-electron chi connectivity index (χ3n) is 9.76. The first-order valence-corrected chi connectivity index (χ1v) is 18.7. The molecule has 0 fully saturated rings. The van der Waals surface area contributed by atoms with Crippen molar-refractivity contribution in [3.05, 3.63) is 203 Å². The summed E-state index contributed by atoms with van der Waals surface area (Å²) in [6.45, 7) is 0.746. The summed E-state index contributed by atoms with van der Waals surface area (Å²) in [5.41, 5.74) is 7.25. The van der Waals surface area contributed by atoms with Crippen molar-refractivity contribution in [1.82, 2.24) is 29.3 Å². The second-order valence-electron chi connectivity index (χ2n) is 13.0.